The van der Waals surface area contributed by atoms with Crippen LogP contribution in [0.5, 0.6) is 0 Å². The van der Waals surface area contributed by atoms with Crippen LogP contribution in [0.15, 0.2) is 4.99 Å². The Morgan fingerprint density at radius 3 is 2.55 bits per heavy atom. The van der Waals surface area contributed by atoms with Gasteiger partial charge in [0.2, 0.25) is 10.0 Å². The highest BCUT2D eigenvalue weighted by Gasteiger charge is 2.29. The highest BCUT2D eigenvalue weighted by Crippen LogP contribution is 2.26. The lowest BCUT2D eigenvalue weighted by Crippen LogP contribution is -2.40. The maximum absolute atomic E-state index is 11.3. The summed E-state index contributed by atoms with van der Waals surface area (Å²) in [6.45, 7) is 0.596. The van der Waals surface area contributed by atoms with Gasteiger partial charge in [0, 0.05) is 18.6 Å². The third-order valence-corrected chi connectivity index (χ3v) is 4.96. The Morgan fingerprint density at radius 2 is 1.90 bits per heavy atom. The molecule has 0 heterocycles. The average Bonchev–Trinajstić information content (AvgIpc) is 2.96. The van der Waals surface area contributed by atoms with E-state index >= 15 is 0 Å². The maximum Gasteiger partial charge on any atom is 0.208 e. The van der Waals surface area contributed by atoms with E-state index in [1.165, 1.54) is 19.1 Å². The fourth-order valence-electron chi connectivity index (χ4n) is 3.23. The molecule has 2 aliphatic carbocycles. The second kappa shape index (κ2) is 6.76. The number of hydrogen-bond acceptors (Lipinski definition) is 3. The van der Waals surface area contributed by atoms with E-state index in [0.29, 0.717) is 18.5 Å². The molecule has 0 spiro atoms. The van der Waals surface area contributed by atoms with Gasteiger partial charge in [-0.2, -0.15) is 0 Å². The molecular weight excluding hydrogens is 276 g/mol. The van der Waals surface area contributed by atoms with Crippen LogP contribution in [-0.4, -0.2) is 39.3 Å². The number of sulfonamides is 1. The molecule has 2 aliphatic rings. The zero-order valence-corrected chi connectivity index (χ0v) is 13.0. The lowest BCUT2D eigenvalue weighted by Gasteiger charge is -2.19. The lowest BCUT2D eigenvalue weighted by molar-refractivity contribution is 0.454. The summed E-state index contributed by atoms with van der Waals surface area (Å²) in [5, 5.41) is 3.25. The second-order valence-electron chi connectivity index (χ2n) is 6.04. The van der Waals surface area contributed by atoms with Crippen molar-refractivity contribution < 1.29 is 8.42 Å². The van der Waals surface area contributed by atoms with E-state index in [4.69, 9.17) is 5.73 Å². The summed E-state index contributed by atoms with van der Waals surface area (Å²) in [5.74, 6) is 0.760. The van der Waals surface area contributed by atoms with E-state index < -0.39 is 10.0 Å². The number of nitrogens with zero attached hydrogens (tertiary/aromatic N) is 1. The molecule has 0 bridgehead atoms. The predicted octanol–water partition coefficient (Wildman–Crippen LogP) is 0.551. The van der Waals surface area contributed by atoms with Crippen molar-refractivity contribution in [3.8, 4) is 0 Å². The number of aliphatic imine (C=N–C) groups is 1. The molecule has 6 nitrogen and oxygen atoms in total. The second-order valence-corrected chi connectivity index (χ2v) is 7.82. The minimum absolute atomic E-state index is 0.00744. The fraction of sp³-hybridized carbons (Fsp3) is 0.923. The molecule has 0 radical (unpaired) electrons. The molecule has 116 valence electrons. The molecule has 2 saturated carbocycles. The van der Waals surface area contributed by atoms with Crippen LogP contribution >= 0.6 is 0 Å². The highest BCUT2D eigenvalue weighted by atomic mass is 32.2. The van der Waals surface area contributed by atoms with Crippen molar-refractivity contribution >= 4 is 16.0 Å². The van der Waals surface area contributed by atoms with Gasteiger partial charge in [-0.25, -0.2) is 13.1 Å². The third kappa shape index (κ3) is 4.94. The quantitative estimate of drug-likeness (QED) is 0.510. The van der Waals surface area contributed by atoms with Gasteiger partial charge in [-0.3, -0.25) is 4.99 Å². The highest BCUT2D eigenvalue weighted by molar-refractivity contribution is 7.88. The molecule has 0 amide bonds. The summed E-state index contributed by atoms with van der Waals surface area (Å²) in [6.07, 6.45) is 9.00. The standard InChI is InChI=1S/C13H26N4O2S/c1-20(18,19)17-12-8-4-5-10(12)9-15-13(14)16-11-6-2-3-7-11/h10-12,17H,2-9H2,1H3,(H3,14,15,16). The van der Waals surface area contributed by atoms with Gasteiger partial charge in [0.1, 0.15) is 0 Å². The smallest absolute Gasteiger partial charge is 0.208 e. The summed E-state index contributed by atoms with van der Waals surface area (Å²) in [6, 6.07) is 0.473. The monoisotopic (exact) mass is 302 g/mol. The molecule has 2 unspecified atom stereocenters. The first-order valence-electron chi connectivity index (χ1n) is 7.48. The van der Waals surface area contributed by atoms with Crippen molar-refractivity contribution in [1.82, 2.24) is 10.0 Å². The molecule has 2 rings (SSSR count). The molecule has 2 fully saturated rings. The van der Waals surface area contributed by atoms with Gasteiger partial charge in [0.15, 0.2) is 5.96 Å². The number of nitrogens with two attached hydrogens (primary N) is 1. The van der Waals surface area contributed by atoms with Crippen LogP contribution < -0.4 is 15.8 Å². The first-order valence-corrected chi connectivity index (χ1v) is 9.37. The molecule has 0 aromatic rings. The van der Waals surface area contributed by atoms with E-state index in [-0.39, 0.29) is 12.0 Å². The van der Waals surface area contributed by atoms with Crippen LogP contribution in [0.2, 0.25) is 0 Å². The number of nitrogens with one attached hydrogen (secondary N) is 2. The van der Waals surface area contributed by atoms with Crippen molar-refractivity contribution in [3.63, 3.8) is 0 Å². The zero-order valence-electron chi connectivity index (χ0n) is 12.1. The summed E-state index contributed by atoms with van der Waals surface area (Å²) in [5.41, 5.74) is 5.90. The topological polar surface area (TPSA) is 96.6 Å². The fourth-order valence-corrected chi connectivity index (χ4v) is 4.09. The van der Waals surface area contributed by atoms with Gasteiger partial charge in [-0.05, 0) is 31.6 Å². The molecule has 7 heteroatoms. The summed E-state index contributed by atoms with van der Waals surface area (Å²) >= 11 is 0. The normalized spacial score (nSPS) is 28.9. The Bertz CT molecular complexity index is 443. The first kappa shape index (κ1) is 15.6. The van der Waals surface area contributed by atoms with Gasteiger partial charge < -0.3 is 11.1 Å². The van der Waals surface area contributed by atoms with Crippen LogP contribution in [0.25, 0.3) is 0 Å². The Kier molecular flexibility index (Phi) is 5.26. The van der Waals surface area contributed by atoms with Gasteiger partial charge in [0.25, 0.3) is 0 Å². The first-order chi connectivity index (χ1) is 9.44. The van der Waals surface area contributed by atoms with Crippen molar-refractivity contribution in [1.29, 1.82) is 0 Å². The molecule has 0 aromatic carbocycles. The molecule has 0 saturated heterocycles. The summed E-state index contributed by atoms with van der Waals surface area (Å²) in [7, 11) is -3.14. The Morgan fingerprint density at radius 1 is 1.20 bits per heavy atom. The Labute approximate surface area is 121 Å². The van der Waals surface area contributed by atoms with E-state index in [2.05, 4.69) is 15.0 Å². The molecular formula is C13H26N4O2S. The molecule has 20 heavy (non-hydrogen) atoms. The van der Waals surface area contributed by atoms with E-state index in [9.17, 15) is 8.42 Å². The van der Waals surface area contributed by atoms with Crippen LogP contribution in [0, 0.1) is 5.92 Å². The van der Waals surface area contributed by atoms with Crippen molar-refractivity contribution in [3.05, 3.63) is 0 Å². The van der Waals surface area contributed by atoms with E-state index in [0.717, 1.165) is 32.1 Å². The van der Waals surface area contributed by atoms with Gasteiger partial charge in [0.05, 0.1) is 6.26 Å². The van der Waals surface area contributed by atoms with Crippen LogP contribution in [-0.2, 0) is 10.0 Å². The minimum Gasteiger partial charge on any atom is -0.370 e. The lowest BCUT2D eigenvalue weighted by atomic mass is 10.1. The number of hydrogen-bond donors (Lipinski definition) is 3. The van der Waals surface area contributed by atoms with Gasteiger partial charge in [-0.15, -0.1) is 0 Å². The zero-order chi connectivity index (χ0) is 14.6. The van der Waals surface area contributed by atoms with Crippen molar-refractivity contribution in [2.45, 2.75) is 57.0 Å². The maximum atomic E-state index is 11.3. The third-order valence-electron chi connectivity index (χ3n) is 4.23. The Balaban J connectivity index is 1.81. The van der Waals surface area contributed by atoms with Gasteiger partial charge >= 0.3 is 0 Å². The minimum atomic E-state index is -3.14. The van der Waals surface area contributed by atoms with Crippen LogP contribution in [0.1, 0.15) is 44.9 Å². The predicted molar refractivity (Wildman–Crippen MR) is 81.0 cm³/mol. The number of rotatable bonds is 5. The van der Waals surface area contributed by atoms with E-state index in [1.807, 2.05) is 0 Å². The van der Waals surface area contributed by atoms with Crippen molar-refractivity contribution in [2.75, 3.05) is 12.8 Å². The Hall–Kier alpha value is -0.820. The summed E-state index contributed by atoms with van der Waals surface area (Å²) in [4.78, 5) is 4.40. The molecule has 0 aliphatic heterocycles. The van der Waals surface area contributed by atoms with Crippen LogP contribution in [0.4, 0.5) is 0 Å². The van der Waals surface area contributed by atoms with E-state index in [1.54, 1.807) is 0 Å². The number of guanidine groups is 1. The molecule has 4 N–H and O–H groups in total. The van der Waals surface area contributed by atoms with Gasteiger partial charge in [-0.1, -0.05) is 19.3 Å². The SMILES string of the molecule is CS(=O)(=O)NC1CCCC1CN=C(N)NC1CCCC1. The summed E-state index contributed by atoms with van der Waals surface area (Å²) < 4.78 is 25.3. The average molecular weight is 302 g/mol. The molecule has 2 atom stereocenters. The van der Waals surface area contributed by atoms with Crippen LogP contribution in [0.3, 0.4) is 0 Å². The van der Waals surface area contributed by atoms with Crippen molar-refractivity contribution in [2.24, 2.45) is 16.6 Å². The largest absolute Gasteiger partial charge is 0.370 e. The molecule has 0 aromatic heterocycles.